The summed E-state index contributed by atoms with van der Waals surface area (Å²) >= 11 is 0. The third-order valence-electron chi connectivity index (χ3n) is 0. The summed E-state index contributed by atoms with van der Waals surface area (Å²) in [5, 5.41) is 0. The van der Waals surface area contributed by atoms with Crippen LogP contribution in [0.1, 0.15) is 0 Å². The van der Waals surface area contributed by atoms with Gasteiger partial charge in [-0.15, -0.1) is 0 Å². The topological polar surface area (TPSA) is 161 Å². The molecule has 0 aromatic carbocycles. The van der Waals surface area contributed by atoms with Crippen LogP contribution in [0.25, 0.3) is 0 Å². The Kier molecular flexibility index (Phi) is 9.90. The van der Waals surface area contributed by atoms with E-state index in [2.05, 4.69) is 0 Å². The van der Waals surface area contributed by atoms with Crippen molar-refractivity contribution in [2.45, 2.75) is 0 Å². The monoisotopic (exact) mass is 282 g/mol. The molecule has 0 fully saturated rings. The predicted octanol–water partition coefficient (Wildman–Crippen LogP) is -2.68. The molecule has 11 heavy (non-hydrogen) atoms. The molecule has 0 bridgehead atoms. The van der Waals surface area contributed by atoms with Crippen LogP contribution >= 0.6 is 0 Å². The quantitative estimate of drug-likeness (QED) is 0.343. The first-order valence-electron chi connectivity index (χ1n) is 1.33. The van der Waals surface area contributed by atoms with Crippen molar-refractivity contribution < 1.29 is 61.3 Å². The van der Waals surface area contributed by atoms with Crippen molar-refractivity contribution in [3.63, 3.8) is 0 Å². The Morgan fingerprint density at radius 2 is 0.636 bits per heavy atom. The summed E-state index contributed by atoms with van der Waals surface area (Å²) < 4.78 is 68.2. The van der Waals surface area contributed by atoms with E-state index in [9.17, 15) is 0 Å². The van der Waals surface area contributed by atoms with E-state index in [0.29, 0.717) is 0 Å². The summed E-state index contributed by atoms with van der Waals surface area (Å²) in [5.41, 5.74) is 0. The predicted molar refractivity (Wildman–Crippen MR) is 20.9 cm³/mol. The maximum absolute atomic E-state index is 8.52. The Balaban J connectivity index is -0.000000107. The van der Waals surface area contributed by atoms with Gasteiger partial charge in [0.25, 0.3) is 0 Å². The molecule has 0 unspecified atom stereocenters. The second kappa shape index (κ2) is 6.17. The molecule has 0 atom stereocenters. The Morgan fingerprint density at radius 1 is 0.636 bits per heavy atom. The van der Waals surface area contributed by atoms with Gasteiger partial charge in [-0.3, -0.25) is 16.8 Å². The van der Waals surface area contributed by atoms with Gasteiger partial charge in [-0.05, 0) is 0 Å². The van der Waals surface area contributed by atoms with E-state index in [1.165, 1.54) is 0 Å². The van der Waals surface area contributed by atoms with E-state index in [0.717, 1.165) is 0 Å². The van der Waals surface area contributed by atoms with Gasteiger partial charge in [0.2, 0.25) is 0 Å². The van der Waals surface area contributed by atoms with Gasteiger partial charge < -0.3 is 18.2 Å². The molecule has 0 heterocycles. The third-order valence-corrected chi connectivity index (χ3v) is 0. The molecule has 8 nitrogen and oxygen atoms in total. The zero-order valence-corrected chi connectivity index (χ0v) is 8.67. The molecule has 0 amide bonds. The molecule has 0 saturated carbocycles. The van der Waals surface area contributed by atoms with Gasteiger partial charge in [-0.2, -0.15) is 0 Å². The Hall–Kier alpha value is 0.623. The first-order valence-corrected chi connectivity index (χ1v) is 4.00. The summed E-state index contributed by atoms with van der Waals surface area (Å²) in [6, 6.07) is 0. The molecule has 0 spiro atoms. The minimum atomic E-state index is -5.17. The third kappa shape index (κ3) is 2030. The van der Waals surface area contributed by atoms with Crippen LogP contribution in [0.15, 0.2) is 0 Å². The smallest absolute Gasteiger partial charge is 0.0311 e. The molecular formula is O8S2Zr-4. The largest absolute Gasteiger partial charge is 0.759 e. The molecule has 0 aliphatic carbocycles. The molecule has 0 aliphatic rings. The van der Waals surface area contributed by atoms with Gasteiger partial charge in [0.05, 0.1) is 0 Å². The van der Waals surface area contributed by atoms with Crippen LogP contribution in [0.3, 0.4) is 0 Å². The fourth-order valence-corrected chi connectivity index (χ4v) is 0. The summed E-state index contributed by atoms with van der Waals surface area (Å²) in [5.74, 6) is 0. The molecule has 0 radical (unpaired) electrons. The van der Waals surface area contributed by atoms with Crippen molar-refractivity contribution in [3.8, 4) is 0 Å². The Labute approximate surface area is 81.9 Å². The zero-order valence-electron chi connectivity index (χ0n) is 4.58. The van der Waals surface area contributed by atoms with E-state index in [1.807, 2.05) is 0 Å². The summed E-state index contributed by atoms with van der Waals surface area (Å²) in [4.78, 5) is 0. The van der Waals surface area contributed by atoms with Gasteiger partial charge >= 0.3 is 0 Å². The summed E-state index contributed by atoms with van der Waals surface area (Å²) in [7, 11) is -10.3. The fraction of sp³-hybridized carbons (Fsp3) is 0. The maximum Gasteiger partial charge on any atom is 0.0311 e. The molecule has 11 heteroatoms. The molecule has 0 aliphatic heterocycles. The van der Waals surface area contributed by atoms with E-state index in [-0.39, 0.29) is 26.2 Å². The van der Waals surface area contributed by atoms with Crippen LogP contribution in [0, 0.1) is 0 Å². The molecule has 0 saturated heterocycles. The average molecular weight is 283 g/mol. The van der Waals surface area contributed by atoms with Crippen LogP contribution in [0.4, 0.5) is 0 Å². The normalized spacial score (nSPS) is 10.5. The molecule has 0 aromatic heterocycles. The van der Waals surface area contributed by atoms with E-state index in [1.54, 1.807) is 0 Å². The molecule has 0 N–H and O–H groups in total. The van der Waals surface area contributed by atoms with Gasteiger partial charge in [-0.1, -0.05) is 0 Å². The van der Waals surface area contributed by atoms with Gasteiger partial charge in [0, 0.05) is 47.0 Å². The summed E-state index contributed by atoms with van der Waals surface area (Å²) in [6.07, 6.45) is 0. The van der Waals surface area contributed by atoms with Crippen molar-refractivity contribution in [2.24, 2.45) is 0 Å². The molecular weight excluding hydrogens is 283 g/mol. The minimum Gasteiger partial charge on any atom is -0.759 e. The molecule has 0 rings (SSSR count). The van der Waals surface area contributed by atoms with E-state index in [4.69, 9.17) is 35.0 Å². The maximum atomic E-state index is 8.52. The van der Waals surface area contributed by atoms with Gasteiger partial charge in [-0.25, -0.2) is 0 Å². The van der Waals surface area contributed by atoms with Crippen molar-refractivity contribution in [1.29, 1.82) is 0 Å². The molecule has 0 aromatic rings. The standard InChI is InChI=1S/2H2O4S.Zr/c2*1-5(2,3)4;/h2*(H2,1,2,3,4);/p-4. The van der Waals surface area contributed by atoms with Gasteiger partial charge in [0.15, 0.2) is 0 Å². The van der Waals surface area contributed by atoms with Crippen molar-refractivity contribution >= 4 is 20.8 Å². The average Bonchev–Trinajstić information content (AvgIpc) is 1.12. The second-order valence-electron chi connectivity index (χ2n) is 0.816. The van der Waals surface area contributed by atoms with Crippen LogP contribution in [0.5, 0.6) is 0 Å². The first kappa shape index (κ1) is 17.6. The molecule has 68 valence electrons. The van der Waals surface area contributed by atoms with Gasteiger partial charge in [0.1, 0.15) is 0 Å². The SMILES string of the molecule is O=S(=O)([O-])[O-].O=S(=O)([O-])[O-].[Zr]. The summed E-state index contributed by atoms with van der Waals surface area (Å²) in [6.45, 7) is 0. The van der Waals surface area contributed by atoms with E-state index >= 15 is 0 Å². The van der Waals surface area contributed by atoms with Crippen LogP contribution in [-0.2, 0) is 47.0 Å². The van der Waals surface area contributed by atoms with Crippen molar-refractivity contribution in [2.75, 3.05) is 0 Å². The van der Waals surface area contributed by atoms with E-state index < -0.39 is 20.8 Å². The minimum absolute atomic E-state index is 0. The Morgan fingerprint density at radius 3 is 0.636 bits per heavy atom. The van der Waals surface area contributed by atoms with Crippen LogP contribution < -0.4 is 0 Å². The zero-order chi connectivity index (χ0) is 9.00. The van der Waals surface area contributed by atoms with Crippen LogP contribution in [-0.4, -0.2) is 35.0 Å². The number of rotatable bonds is 0. The van der Waals surface area contributed by atoms with Crippen LogP contribution in [0.2, 0.25) is 0 Å². The van der Waals surface area contributed by atoms with Crippen molar-refractivity contribution in [1.82, 2.24) is 0 Å². The Bertz CT molecular complexity index is 208. The number of hydrogen-bond acceptors (Lipinski definition) is 8. The number of hydrogen-bond donors (Lipinski definition) is 0. The fourth-order valence-electron chi connectivity index (χ4n) is 0. The van der Waals surface area contributed by atoms with Crippen molar-refractivity contribution in [3.05, 3.63) is 0 Å². The second-order valence-corrected chi connectivity index (χ2v) is 2.45. The first-order chi connectivity index (χ1) is 4.00.